The Morgan fingerprint density at radius 2 is 2.18 bits per heavy atom. The van der Waals surface area contributed by atoms with E-state index in [0.717, 1.165) is 20.4 Å². The Morgan fingerprint density at radius 1 is 1.45 bits per heavy atom. The van der Waals surface area contributed by atoms with Crippen LogP contribution in [0.25, 0.3) is 0 Å². The Balaban J connectivity index is 2.28. The molecule has 0 N–H and O–H groups in total. The van der Waals surface area contributed by atoms with Gasteiger partial charge in [0.15, 0.2) is 5.16 Å². The lowest BCUT2D eigenvalue weighted by Crippen LogP contribution is -1.87. The molecule has 0 aliphatic carbocycles. The summed E-state index contributed by atoms with van der Waals surface area (Å²) in [6.07, 6.45) is 3.56. The van der Waals surface area contributed by atoms with E-state index in [1.54, 1.807) is 24.2 Å². The minimum absolute atomic E-state index is 0.894. The molecule has 58 valence electrons. The number of nitrogens with zero attached hydrogens (tertiary/aromatic N) is 2. The van der Waals surface area contributed by atoms with Gasteiger partial charge in [-0.25, -0.2) is 9.97 Å². The van der Waals surface area contributed by atoms with Crippen molar-refractivity contribution in [1.29, 1.82) is 0 Å². The number of thioether (sulfide) groups is 1. The third-order valence-electron chi connectivity index (χ3n) is 1.13. The van der Waals surface area contributed by atoms with Crippen LogP contribution in [0.2, 0.25) is 12.6 Å². The minimum Gasteiger partial charge on any atom is -0.231 e. The monoisotopic (exact) mass is 182 g/mol. The predicted octanol–water partition coefficient (Wildman–Crippen LogP) is 1.74. The molecule has 0 fully saturated rings. The van der Waals surface area contributed by atoms with Gasteiger partial charge in [0.1, 0.15) is 0 Å². The first kappa shape index (κ1) is 8.74. The van der Waals surface area contributed by atoms with Gasteiger partial charge in [0, 0.05) is 21.9 Å². The molecule has 0 saturated carbocycles. The zero-order chi connectivity index (χ0) is 7.94. The van der Waals surface area contributed by atoms with Crippen LogP contribution in [0.15, 0.2) is 23.6 Å². The summed E-state index contributed by atoms with van der Waals surface area (Å²) in [4.78, 5) is 8.21. The van der Waals surface area contributed by atoms with Crippen molar-refractivity contribution in [1.82, 2.24) is 9.97 Å². The first-order valence-electron chi connectivity index (χ1n) is 3.48. The van der Waals surface area contributed by atoms with Gasteiger partial charge in [0.2, 0.25) is 0 Å². The van der Waals surface area contributed by atoms with Gasteiger partial charge in [-0.1, -0.05) is 24.4 Å². The van der Waals surface area contributed by atoms with Crippen molar-refractivity contribution in [2.75, 3.05) is 5.75 Å². The van der Waals surface area contributed by atoms with Crippen LogP contribution in [0, 0.1) is 0 Å². The second kappa shape index (κ2) is 5.32. The molecular weight excluding hydrogens is 172 g/mol. The predicted molar refractivity (Wildman–Crippen MR) is 49.2 cm³/mol. The van der Waals surface area contributed by atoms with E-state index in [2.05, 4.69) is 16.5 Å². The summed E-state index contributed by atoms with van der Waals surface area (Å²) in [7, 11) is 1.03. The normalized spacial score (nSPS) is 9.91. The van der Waals surface area contributed by atoms with E-state index in [0.29, 0.717) is 0 Å². The van der Waals surface area contributed by atoms with E-state index < -0.39 is 0 Å². The average Bonchev–Trinajstić information content (AvgIpc) is 2.07. The summed E-state index contributed by atoms with van der Waals surface area (Å²) in [6.45, 7) is 2.21. The van der Waals surface area contributed by atoms with E-state index in [9.17, 15) is 0 Å². The first-order valence-corrected chi connectivity index (χ1v) is 6.17. The summed E-state index contributed by atoms with van der Waals surface area (Å²) in [6, 6.07) is 3.11. The van der Waals surface area contributed by atoms with Crippen LogP contribution in [0.1, 0.15) is 0 Å². The van der Waals surface area contributed by atoms with Crippen molar-refractivity contribution in [3.8, 4) is 0 Å². The fourth-order valence-electron chi connectivity index (χ4n) is 0.604. The van der Waals surface area contributed by atoms with Crippen LogP contribution in [0.3, 0.4) is 0 Å². The van der Waals surface area contributed by atoms with E-state index in [1.165, 1.54) is 6.04 Å². The van der Waals surface area contributed by atoms with E-state index in [4.69, 9.17) is 0 Å². The van der Waals surface area contributed by atoms with Crippen molar-refractivity contribution in [2.24, 2.45) is 0 Å². The molecule has 2 nitrogen and oxygen atoms in total. The second-order valence-corrected chi connectivity index (χ2v) is 4.25. The maximum atomic E-state index is 4.11. The first-order chi connectivity index (χ1) is 5.43. The maximum absolute atomic E-state index is 4.11. The highest BCUT2D eigenvalue weighted by Gasteiger charge is 1.93. The van der Waals surface area contributed by atoms with Gasteiger partial charge in [-0.3, -0.25) is 0 Å². The molecule has 4 heteroatoms. The summed E-state index contributed by atoms with van der Waals surface area (Å²) in [5.41, 5.74) is 0. The molecule has 0 spiro atoms. The standard InChI is InChI=1S/C7H10N2SSi/c1-11-6-5-10-7-8-3-2-4-9-7/h2-4H,5-6H2,1H3. The van der Waals surface area contributed by atoms with Crippen LogP contribution in [-0.2, 0) is 0 Å². The fourth-order valence-corrected chi connectivity index (χ4v) is 2.28. The molecule has 2 radical (unpaired) electrons. The molecule has 1 aromatic heterocycles. The smallest absolute Gasteiger partial charge is 0.187 e. The summed E-state index contributed by atoms with van der Waals surface area (Å²) < 4.78 is 0. The van der Waals surface area contributed by atoms with Crippen molar-refractivity contribution in [3.05, 3.63) is 18.5 Å². The number of hydrogen-bond acceptors (Lipinski definition) is 3. The molecule has 0 aromatic carbocycles. The summed E-state index contributed by atoms with van der Waals surface area (Å²) >= 11 is 1.73. The van der Waals surface area contributed by atoms with Crippen LogP contribution in [0.5, 0.6) is 0 Å². The van der Waals surface area contributed by atoms with Gasteiger partial charge in [0.05, 0.1) is 0 Å². The molecule has 0 aliphatic rings. The highest BCUT2D eigenvalue weighted by molar-refractivity contribution is 7.99. The summed E-state index contributed by atoms with van der Waals surface area (Å²) in [5.74, 6) is 1.14. The van der Waals surface area contributed by atoms with Crippen LogP contribution < -0.4 is 0 Å². The van der Waals surface area contributed by atoms with Crippen LogP contribution >= 0.6 is 11.8 Å². The lowest BCUT2D eigenvalue weighted by atomic mass is 10.7. The molecular formula is C7H10N2SSi. The molecule has 0 atom stereocenters. The highest BCUT2D eigenvalue weighted by Crippen LogP contribution is 2.11. The van der Waals surface area contributed by atoms with Gasteiger partial charge in [-0.15, -0.1) is 0 Å². The lowest BCUT2D eigenvalue weighted by molar-refractivity contribution is 0.967. The maximum Gasteiger partial charge on any atom is 0.187 e. The Bertz CT molecular complexity index is 193. The molecule has 0 unspecified atom stereocenters. The average molecular weight is 182 g/mol. The van der Waals surface area contributed by atoms with E-state index in [1.807, 2.05) is 6.07 Å². The molecule has 11 heavy (non-hydrogen) atoms. The van der Waals surface area contributed by atoms with Crippen molar-refractivity contribution < 1.29 is 0 Å². The minimum atomic E-state index is 0.894. The van der Waals surface area contributed by atoms with Crippen molar-refractivity contribution >= 4 is 21.3 Å². The molecule has 0 aliphatic heterocycles. The number of hydrogen-bond donors (Lipinski definition) is 0. The summed E-state index contributed by atoms with van der Waals surface area (Å²) in [5, 5.41) is 0.894. The molecule has 1 heterocycles. The fraction of sp³-hybridized carbons (Fsp3) is 0.429. The third-order valence-corrected chi connectivity index (χ3v) is 3.11. The van der Waals surface area contributed by atoms with Gasteiger partial charge >= 0.3 is 0 Å². The zero-order valence-electron chi connectivity index (χ0n) is 6.45. The largest absolute Gasteiger partial charge is 0.231 e. The van der Waals surface area contributed by atoms with Crippen molar-refractivity contribution in [3.63, 3.8) is 0 Å². The Labute approximate surface area is 73.7 Å². The molecule has 1 aromatic rings. The molecule has 0 bridgehead atoms. The van der Waals surface area contributed by atoms with Gasteiger partial charge in [-0.05, 0) is 11.8 Å². The van der Waals surface area contributed by atoms with Gasteiger partial charge in [-0.2, -0.15) is 0 Å². The topological polar surface area (TPSA) is 25.8 Å². The van der Waals surface area contributed by atoms with E-state index >= 15 is 0 Å². The zero-order valence-corrected chi connectivity index (χ0v) is 8.27. The molecule has 1 rings (SSSR count). The van der Waals surface area contributed by atoms with Gasteiger partial charge in [0.25, 0.3) is 0 Å². The third kappa shape index (κ3) is 3.53. The Morgan fingerprint density at radius 3 is 2.82 bits per heavy atom. The second-order valence-electron chi connectivity index (χ2n) is 1.98. The van der Waals surface area contributed by atoms with Crippen molar-refractivity contribution in [2.45, 2.75) is 17.7 Å². The van der Waals surface area contributed by atoms with E-state index in [-0.39, 0.29) is 0 Å². The van der Waals surface area contributed by atoms with Crippen LogP contribution in [0.4, 0.5) is 0 Å². The quantitative estimate of drug-likeness (QED) is 0.307. The number of aromatic nitrogens is 2. The van der Waals surface area contributed by atoms with Crippen LogP contribution in [-0.4, -0.2) is 25.2 Å². The Kier molecular flexibility index (Phi) is 4.23. The molecule has 0 amide bonds. The highest BCUT2D eigenvalue weighted by atomic mass is 32.2. The SMILES string of the molecule is C[Si]CCSc1ncccn1. The molecule has 0 saturated heterocycles. The van der Waals surface area contributed by atoms with Gasteiger partial charge < -0.3 is 0 Å². The number of rotatable bonds is 4. The Hall–Kier alpha value is -0.353. The lowest BCUT2D eigenvalue weighted by Gasteiger charge is -1.95.